The number of carbonyl (C=O) groups excluding carboxylic acids is 1. The van der Waals surface area contributed by atoms with Crippen LogP contribution in [-0.2, 0) is 11.3 Å². The minimum atomic E-state index is -0.151. The number of rotatable bonds is 7. The lowest BCUT2D eigenvalue weighted by molar-refractivity contribution is -0.118. The van der Waals surface area contributed by atoms with Crippen molar-refractivity contribution in [3.63, 3.8) is 0 Å². The first-order chi connectivity index (χ1) is 13.1. The van der Waals surface area contributed by atoms with Crippen molar-refractivity contribution in [3.05, 3.63) is 59.1 Å². The van der Waals surface area contributed by atoms with Gasteiger partial charge >= 0.3 is 0 Å². The number of benzene rings is 2. The summed E-state index contributed by atoms with van der Waals surface area (Å²) in [5.74, 6) is 7.21. The van der Waals surface area contributed by atoms with Crippen LogP contribution in [0.3, 0.4) is 0 Å². The van der Waals surface area contributed by atoms with Crippen LogP contribution in [-0.4, -0.2) is 33.6 Å². The van der Waals surface area contributed by atoms with Gasteiger partial charge < -0.3 is 15.9 Å². The average Bonchev–Trinajstić information content (AvgIpc) is 3.06. The molecule has 0 atom stereocenters. The molecule has 140 valence electrons. The fourth-order valence-electron chi connectivity index (χ4n) is 2.41. The number of amides is 1. The molecular formula is C18H18ClN5O2S. The minimum Gasteiger partial charge on any atom is -0.496 e. The van der Waals surface area contributed by atoms with E-state index in [-0.39, 0.29) is 11.7 Å². The molecule has 3 aromatic rings. The first-order valence-electron chi connectivity index (χ1n) is 8.07. The van der Waals surface area contributed by atoms with Crippen LogP contribution in [0.15, 0.2) is 53.7 Å². The highest BCUT2D eigenvalue weighted by atomic mass is 35.5. The summed E-state index contributed by atoms with van der Waals surface area (Å²) in [6, 6.07) is 14.8. The van der Waals surface area contributed by atoms with Crippen molar-refractivity contribution >= 4 is 29.3 Å². The molecule has 27 heavy (non-hydrogen) atoms. The molecule has 7 nitrogen and oxygen atoms in total. The molecule has 0 saturated carbocycles. The van der Waals surface area contributed by atoms with Crippen LogP contribution in [0.4, 0.5) is 0 Å². The molecule has 3 rings (SSSR count). The number of nitrogens with two attached hydrogens (primary N) is 1. The first-order valence-corrected chi connectivity index (χ1v) is 9.43. The van der Waals surface area contributed by atoms with Gasteiger partial charge in [-0.1, -0.05) is 53.7 Å². The van der Waals surface area contributed by atoms with Gasteiger partial charge in [0, 0.05) is 11.6 Å². The Hall–Kier alpha value is -2.71. The standard InChI is InChI=1S/C18H18ClN5O2S/c1-26-15-9-5-3-7-13(15)17-22-23-18(24(17)20)27-11-16(25)21-10-12-6-2-4-8-14(12)19/h2-9H,10-11,20H2,1H3,(H,21,25). The summed E-state index contributed by atoms with van der Waals surface area (Å²) in [4.78, 5) is 12.1. The summed E-state index contributed by atoms with van der Waals surface area (Å²) < 4.78 is 6.68. The molecule has 1 heterocycles. The van der Waals surface area contributed by atoms with Crippen molar-refractivity contribution in [2.75, 3.05) is 18.7 Å². The third kappa shape index (κ3) is 4.53. The molecule has 1 amide bonds. The Labute approximate surface area is 165 Å². The number of methoxy groups -OCH3 is 1. The van der Waals surface area contributed by atoms with Gasteiger partial charge in [-0.05, 0) is 23.8 Å². The van der Waals surface area contributed by atoms with Gasteiger partial charge in [-0.3, -0.25) is 4.79 Å². The Balaban J connectivity index is 1.61. The summed E-state index contributed by atoms with van der Waals surface area (Å²) in [7, 11) is 1.58. The van der Waals surface area contributed by atoms with Gasteiger partial charge in [0.2, 0.25) is 11.1 Å². The maximum atomic E-state index is 12.1. The van der Waals surface area contributed by atoms with Crippen molar-refractivity contribution < 1.29 is 9.53 Å². The number of ether oxygens (including phenoxy) is 1. The zero-order valence-electron chi connectivity index (χ0n) is 14.6. The lowest BCUT2D eigenvalue weighted by atomic mass is 10.2. The van der Waals surface area contributed by atoms with Gasteiger partial charge in [-0.15, -0.1) is 10.2 Å². The van der Waals surface area contributed by atoms with Crippen molar-refractivity contribution in [1.29, 1.82) is 0 Å². The zero-order chi connectivity index (χ0) is 19.2. The normalized spacial score (nSPS) is 10.6. The number of halogens is 1. The second-order valence-corrected chi connectivity index (χ2v) is 6.88. The molecule has 0 spiro atoms. The monoisotopic (exact) mass is 403 g/mol. The summed E-state index contributed by atoms with van der Waals surface area (Å²) >= 11 is 7.28. The largest absolute Gasteiger partial charge is 0.496 e. The number of hydrogen-bond donors (Lipinski definition) is 2. The van der Waals surface area contributed by atoms with Crippen LogP contribution in [0, 0.1) is 0 Å². The summed E-state index contributed by atoms with van der Waals surface area (Å²) in [6.07, 6.45) is 0. The molecule has 0 aliphatic heterocycles. The molecule has 0 unspecified atom stereocenters. The van der Waals surface area contributed by atoms with Crippen molar-refractivity contribution in [3.8, 4) is 17.1 Å². The predicted molar refractivity (Wildman–Crippen MR) is 106 cm³/mol. The van der Waals surface area contributed by atoms with Crippen LogP contribution >= 0.6 is 23.4 Å². The highest BCUT2D eigenvalue weighted by molar-refractivity contribution is 7.99. The van der Waals surface area contributed by atoms with E-state index in [1.165, 1.54) is 16.4 Å². The molecule has 2 aromatic carbocycles. The quantitative estimate of drug-likeness (QED) is 0.465. The van der Waals surface area contributed by atoms with E-state index < -0.39 is 0 Å². The van der Waals surface area contributed by atoms with E-state index >= 15 is 0 Å². The average molecular weight is 404 g/mol. The molecule has 0 aliphatic rings. The predicted octanol–water partition coefficient (Wildman–Crippen LogP) is 2.73. The topological polar surface area (TPSA) is 95.1 Å². The molecule has 3 N–H and O–H groups in total. The van der Waals surface area contributed by atoms with E-state index in [0.717, 1.165) is 11.1 Å². The third-order valence-electron chi connectivity index (χ3n) is 3.78. The van der Waals surface area contributed by atoms with E-state index in [1.807, 2.05) is 42.5 Å². The van der Waals surface area contributed by atoms with Gasteiger partial charge in [0.25, 0.3) is 0 Å². The molecule has 0 aliphatic carbocycles. The summed E-state index contributed by atoms with van der Waals surface area (Å²) in [5.41, 5.74) is 1.59. The number of aromatic nitrogens is 3. The minimum absolute atomic E-state index is 0.151. The summed E-state index contributed by atoms with van der Waals surface area (Å²) in [6.45, 7) is 0.362. The molecular weight excluding hydrogens is 386 g/mol. The highest BCUT2D eigenvalue weighted by Crippen LogP contribution is 2.29. The van der Waals surface area contributed by atoms with Crippen LogP contribution in [0.2, 0.25) is 5.02 Å². The summed E-state index contributed by atoms with van der Waals surface area (Å²) in [5, 5.41) is 12.1. The Bertz CT molecular complexity index is 947. The van der Waals surface area contributed by atoms with Crippen LogP contribution in [0.1, 0.15) is 5.56 Å². The van der Waals surface area contributed by atoms with Crippen molar-refractivity contribution in [2.45, 2.75) is 11.7 Å². The maximum Gasteiger partial charge on any atom is 0.230 e. The van der Waals surface area contributed by atoms with E-state index in [1.54, 1.807) is 13.2 Å². The van der Waals surface area contributed by atoms with Crippen LogP contribution in [0.25, 0.3) is 11.4 Å². The molecule has 0 bridgehead atoms. The zero-order valence-corrected chi connectivity index (χ0v) is 16.1. The van der Waals surface area contributed by atoms with Gasteiger partial charge in [-0.25, -0.2) is 4.68 Å². The van der Waals surface area contributed by atoms with E-state index in [9.17, 15) is 4.79 Å². The number of para-hydroxylation sites is 1. The van der Waals surface area contributed by atoms with Gasteiger partial charge in [0.15, 0.2) is 5.82 Å². The number of hydrogen-bond acceptors (Lipinski definition) is 6. The lowest BCUT2D eigenvalue weighted by Gasteiger charge is -2.08. The molecule has 9 heteroatoms. The van der Waals surface area contributed by atoms with Crippen LogP contribution < -0.4 is 15.9 Å². The number of thioether (sulfide) groups is 1. The van der Waals surface area contributed by atoms with Crippen molar-refractivity contribution in [2.24, 2.45) is 0 Å². The fourth-order valence-corrected chi connectivity index (χ4v) is 3.29. The first kappa shape index (κ1) is 19.1. The SMILES string of the molecule is COc1ccccc1-c1nnc(SCC(=O)NCc2ccccc2Cl)n1N. The molecule has 0 saturated heterocycles. The molecule has 1 aromatic heterocycles. The van der Waals surface area contributed by atoms with Gasteiger partial charge in [0.1, 0.15) is 5.75 Å². The maximum absolute atomic E-state index is 12.1. The highest BCUT2D eigenvalue weighted by Gasteiger charge is 2.16. The Kier molecular flexibility index (Phi) is 6.20. The lowest BCUT2D eigenvalue weighted by Crippen LogP contribution is -2.25. The number of carbonyl (C=O) groups is 1. The Morgan fingerprint density at radius 2 is 1.96 bits per heavy atom. The van der Waals surface area contributed by atoms with E-state index in [4.69, 9.17) is 22.2 Å². The smallest absolute Gasteiger partial charge is 0.230 e. The number of nitrogen functional groups attached to an aromatic ring is 1. The number of nitrogens with one attached hydrogen (secondary N) is 1. The number of nitrogens with zero attached hydrogens (tertiary/aromatic N) is 3. The van der Waals surface area contributed by atoms with Crippen molar-refractivity contribution in [1.82, 2.24) is 20.2 Å². The Morgan fingerprint density at radius 3 is 2.74 bits per heavy atom. The second kappa shape index (κ2) is 8.79. The van der Waals surface area contributed by atoms with E-state index in [2.05, 4.69) is 15.5 Å². The molecule has 0 fully saturated rings. The Morgan fingerprint density at radius 1 is 1.22 bits per heavy atom. The second-order valence-electron chi connectivity index (χ2n) is 5.53. The fraction of sp³-hybridized carbons (Fsp3) is 0.167. The third-order valence-corrected chi connectivity index (χ3v) is 5.09. The van der Waals surface area contributed by atoms with Gasteiger partial charge in [-0.2, -0.15) is 0 Å². The van der Waals surface area contributed by atoms with Gasteiger partial charge in [0.05, 0.1) is 18.4 Å². The molecule has 0 radical (unpaired) electrons. The van der Waals surface area contributed by atoms with E-state index in [0.29, 0.717) is 28.3 Å². The van der Waals surface area contributed by atoms with Crippen LogP contribution in [0.5, 0.6) is 5.75 Å².